The molecule has 7 heteroatoms. The molecule has 1 N–H and O–H groups in total. The first-order valence-electron chi connectivity index (χ1n) is 13.4. The second-order valence-corrected chi connectivity index (χ2v) is 12.6. The Hall–Kier alpha value is -0.630. The molecule has 2 heterocycles. The Morgan fingerprint density at radius 1 is 1.09 bits per heavy atom. The second-order valence-electron chi connectivity index (χ2n) is 10.2. The maximum absolute atomic E-state index is 12.9. The number of morpholine rings is 1. The van der Waals surface area contributed by atoms with Gasteiger partial charge in [-0.25, -0.2) is 4.98 Å². The van der Waals surface area contributed by atoms with Crippen molar-refractivity contribution in [2.75, 3.05) is 43.9 Å². The van der Waals surface area contributed by atoms with E-state index in [1.807, 2.05) is 11.8 Å². The van der Waals surface area contributed by atoms with Crippen molar-refractivity contribution in [2.24, 2.45) is 17.8 Å². The fourth-order valence-corrected chi connectivity index (χ4v) is 8.35. The van der Waals surface area contributed by atoms with E-state index in [0.29, 0.717) is 6.42 Å². The summed E-state index contributed by atoms with van der Waals surface area (Å²) >= 11 is 3.51. The zero-order valence-corrected chi connectivity index (χ0v) is 22.1. The molecule has 1 saturated heterocycles. The molecule has 1 aromatic heterocycles. The minimum Gasteiger partial charge on any atom is -0.379 e. The van der Waals surface area contributed by atoms with Crippen LogP contribution in [0.2, 0.25) is 0 Å². The Morgan fingerprint density at radius 3 is 2.36 bits per heavy atom. The highest BCUT2D eigenvalue weighted by atomic mass is 32.2. The molecule has 3 fully saturated rings. The molecule has 5 nitrogen and oxygen atoms in total. The molecule has 0 unspecified atom stereocenters. The van der Waals surface area contributed by atoms with Crippen molar-refractivity contribution in [3.05, 3.63) is 5.69 Å². The predicted octanol–water partition coefficient (Wildman–Crippen LogP) is 6.37. The lowest BCUT2D eigenvalue weighted by Crippen LogP contribution is -2.37. The zero-order chi connectivity index (χ0) is 22.9. The highest BCUT2D eigenvalue weighted by Crippen LogP contribution is 2.42. The topological polar surface area (TPSA) is 54.5 Å². The quantitative estimate of drug-likeness (QED) is 0.384. The second kappa shape index (κ2) is 13.5. The third-order valence-corrected chi connectivity index (χ3v) is 10.4. The maximum Gasteiger partial charge on any atom is 0.226 e. The summed E-state index contributed by atoms with van der Waals surface area (Å²) in [7, 11) is 0. The molecule has 0 radical (unpaired) electrons. The van der Waals surface area contributed by atoms with E-state index >= 15 is 0 Å². The van der Waals surface area contributed by atoms with Crippen LogP contribution in [-0.4, -0.2) is 54.4 Å². The number of hydrogen-bond acceptors (Lipinski definition) is 6. The number of anilines is 1. The van der Waals surface area contributed by atoms with E-state index in [2.05, 4.69) is 22.1 Å². The number of rotatable bonds is 10. The van der Waals surface area contributed by atoms with Crippen LogP contribution in [0.4, 0.5) is 5.13 Å². The van der Waals surface area contributed by atoms with Crippen LogP contribution in [0.15, 0.2) is 4.21 Å². The smallest absolute Gasteiger partial charge is 0.226 e. The Labute approximate surface area is 208 Å². The normalized spacial score (nSPS) is 21.5. The summed E-state index contributed by atoms with van der Waals surface area (Å²) in [6.45, 7) is 6.91. The van der Waals surface area contributed by atoms with Gasteiger partial charge in [0.05, 0.1) is 23.1 Å². The number of thioether (sulfide) groups is 1. The highest BCUT2D eigenvalue weighted by Gasteiger charge is 2.31. The lowest BCUT2D eigenvalue weighted by atomic mass is 9.68. The van der Waals surface area contributed by atoms with E-state index in [-0.39, 0.29) is 5.91 Å². The molecule has 0 aromatic carbocycles. The van der Waals surface area contributed by atoms with Crippen molar-refractivity contribution in [3.63, 3.8) is 0 Å². The number of aromatic nitrogens is 1. The molecule has 2 aliphatic carbocycles. The van der Waals surface area contributed by atoms with E-state index in [4.69, 9.17) is 4.74 Å². The molecule has 33 heavy (non-hydrogen) atoms. The number of hydrogen-bond donors (Lipinski definition) is 1. The van der Waals surface area contributed by atoms with Gasteiger partial charge in [0, 0.05) is 31.8 Å². The molecule has 0 bridgehead atoms. The van der Waals surface area contributed by atoms with Gasteiger partial charge in [0.25, 0.3) is 0 Å². The summed E-state index contributed by atoms with van der Waals surface area (Å²) in [5, 5.41) is 3.91. The van der Waals surface area contributed by atoms with Gasteiger partial charge in [-0.1, -0.05) is 75.5 Å². The molecular weight excluding hydrogens is 450 g/mol. The molecule has 4 rings (SSSR count). The fourth-order valence-electron chi connectivity index (χ4n) is 6.12. The van der Waals surface area contributed by atoms with Gasteiger partial charge in [0.2, 0.25) is 5.91 Å². The van der Waals surface area contributed by atoms with Crippen LogP contribution in [0.3, 0.4) is 0 Å². The molecule has 0 atom stereocenters. The van der Waals surface area contributed by atoms with Crippen LogP contribution in [0.1, 0.15) is 82.7 Å². The lowest BCUT2D eigenvalue weighted by Gasteiger charge is -2.38. The average Bonchev–Trinajstić information content (AvgIpc) is 3.20. The van der Waals surface area contributed by atoms with E-state index in [1.54, 1.807) is 11.3 Å². The number of aryl methyl sites for hydroxylation is 1. The van der Waals surface area contributed by atoms with Crippen molar-refractivity contribution in [2.45, 2.75) is 88.2 Å². The third kappa shape index (κ3) is 7.94. The van der Waals surface area contributed by atoms with E-state index < -0.39 is 0 Å². The van der Waals surface area contributed by atoms with Gasteiger partial charge in [0.15, 0.2) is 5.13 Å². The number of nitrogens with one attached hydrogen (secondary N) is 1. The number of nitrogens with zero attached hydrogens (tertiary/aromatic N) is 2. The molecule has 1 aromatic rings. The first-order valence-corrected chi connectivity index (χ1v) is 15.2. The van der Waals surface area contributed by atoms with Gasteiger partial charge in [-0.2, -0.15) is 0 Å². The average molecular weight is 494 g/mol. The SMILES string of the molecule is Cc1nc(NC(=O)CCC(C2CCCCC2)C2CCCCC2)sc1SCCN1CCOCC1. The van der Waals surface area contributed by atoms with Crippen LogP contribution in [-0.2, 0) is 9.53 Å². The van der Waals surface area contributed by atoms with Gasteiger partial charge >= 0.3 is 0 Å². The van der Waals surface area contributed by atoms with Crippen molar-refractivity contribution >= 4 is 34.1 Å². The summed E-state index contributed by atoms with van der Waals surface area (Å²) in [5.74, 6) is 3.67. The molecule has 1 aliphatic heterocycles. The zero-order valence-electron chi connectivity index (χ0n) is 20.5. The Morgan fingerprint density at radius 2 is 1.73 bits per heavy atom. The molecule has 2 saturated carbocycles. The molecule has 3 aliphatic rings. The van der Waals surface area contributed by atoms with Crippen LogP contribution in [0.25, 0.3) is 0 Å². The minimum atomic E-state index is 0.158. The summed E-state index contributed by atoms with van der Waals surface area (Å²) < 4.78 is 6.67. The maximum atomic E-state index is 12.9. The largest absolute Gasteiger partial charge is 0.379 e. The summed E-state index contributed by atoms with van der Waals surface area (Å²) in [5.41, 5.74) is 1.05. The molecule has 0 spiro atoms. The van der Waals surface area contributed by atoms with Crippen LogP contribution < -0.4 is 5.32 Å². The summed E-state index contributed by atoms with van der Waals surface area (Å²) in [4.78, 5) is 20.0. The Bertz CT molecular complexity index is 705. The number of amides is 1. The monoisotopic (exact) mass is 493 g/mol. The number of ether oxygens (including phenoxy) is 1. The van der Waals surface area contributed by atoms with Gasteiger partial charge < -0.3 is 10.1 Å². The van der Waals surface area contributed by atoms with Crippen LogP contribution >= 0.6 is 23.1 Å². The standard InChI is InChI=1S/C26H43N3O2S2/c1-20-25(32-19-16-29-14-17-31-18-15-29)33-26(27-20)28-24(30)13-12-23(21-8-4-2-5-9-21)22-10-6-3-7-11-22/h21-23H,2-19H2,1H3,(H,27,28,30). The number of carbonyl (C=O) groups excluding carboxylic acids is 1. The van der Waals surface area contributed by atoms with Gasteiger partial charge in [-0.05, 0) is 31.1 Å². The van der Waals surface area contributed by atoms with E-state index in [0.717, 1.165) is 73.6 Å². The first-order chi connectivity index (χ1) is 16.2. The van der Waals surface area contributed by atoms with E-state index in [9.17, 15) is 4.79 Å². The predicted molar refractivity (Wildman–Crippen MR) is 139 cm³/mol. The summed E-state index contributed by atoms with van der Waals surface area (Å²) in [6, 6.07) is 0. The lowest BCUT2D eigenvalue weighted by molar-refractivity contribution is -0.116. The van der Waals surface area contributed by atoms with Crippen molar-refractivity contribution < 1.29 is 9.53 Å². The van der Waals surface area contributed by atoms with Gasteiger partial charge in [-0.15, -0.1) is 11.8 Å². The number of thiazole rings is 1. The van der Waals surface area contributed by atoms with Crippen molar-refractivity contribution in [1.29, 1.82) is 0 Å². The molecule has 1 amide bonds. The number of carbonyl (C=O) groups is 1. The van der Waals surface area contributed by atoms with E-state index in [1.165, 1.54) is 68.4 Å². The third-order valence-electron chi connectivity index (χ3n) is 7.96. The first kappa shape index (κ1) is 25.5. The summed E-state index contributed by atoms with van der Waals surface area (Å²) in [6.07, 6.45) is 15.7. The minimum absolute atomic E-state index is 0.158. The fraction of sp³-hybridized carbons (Fsp3) is 0.846. The Kier molecular flexibility index (Phi) is 10.4. The van der Waals surface area contributed by atoms with Crippen molar-refractivity contribution in [3.8, 4) is 0 Å². The van der Waals surface area contributed by atoms with Crippen LogP contribution in [0, 0.1) is 24.7 Å². The van der Waals surface area contributed by atoms with Crippen LogP contribution in [0.5, 0.6) is 0 Å². The highest BCUT2D eigenvalue weighted by molar-refractivity contribution is 8.01. The van der Waals surface area contributed by atoms with Gasteiger partial charge in [-0.3, -0.25) is 9.69 Å². The Balaban J connectivity index is 1.24. The molecule has 186 valence electrons. The van der Waals surface area contributed by atoms with Gasteiger partial charge in [0.1, 0.15) is 0 Å². The molecular formula is C26H43N3O2S2. The van der Waals surface area contributed by atoms with Crippen molar-refractivity contribution in [1.82, 2.24) is 9.88 Å².